The van der Waals surface area contributed by atoms with E-state index in [9.17, 15) is 0 Å². The summed E-state index contributed by atoms with van der Waals surface area (Å²) in [6.45, 7) is 2.21. The lowest BCUT2D eigenvalue weighted by Gasteiger charge is -1.86. The van der Waals surface area contributed by atoms with Gasteiger partial charge in [-0.05, 0) is 44.9 Å². The first kappa shape index (κ1) is 21.9. The van der Waals surface area contributed by atoms with Crippen molar-refractivity contribution in [3.8, 4) is 0 Å². The monoisotopic (exact) mass is 376 g/mol. The Morgan fingerprint density at radius 3 is 1.09 bits per heavy atom. The molecule has 0 fully saturated rings. The van der Waals surface area contributed by atoms with Crippen molar-refractivity contribution in [2.24, 2.45) is 0 Å². The molecule has 0 aromatic heterocycles. The molecular weight excluding hydrogens is 344 g/mol. The van der Waals surface area contributed by atoms with Crippen LogP contribution in [0.25, 0.3) is 0 Å². The van der Waals surface area contributed by atoms with Crippen molar-refractivity contribution in [2.75, 3.05) is 5.33 Å². The van der Waals surface area contributed by atoms with Crippen LogP contribution in [-0.4, -0.2) is 5.33 Å². The largest absolute Gasteiger partial charge is 0.0925 e. The van der Waals surface area contributed by atoms with Crippen LogP contribution in [0.4, 0.5) is 0 Å². The van der Waals surface area contributed by atoms with Crippen LogP contribution in [-0.2, 0) is 0 Å². The van der Waals surface area contributed by atoms with Gasteiger partial charge in [0.15, 0.2) is 0 Å². The van der Waals surface area contributed by atoms with Crippen LogP contribution in [0.2, 0.25) is 0 Å². The standard InChI is InChI=1S/C22H33Br/c1-2-3-4-5-6-7-8-9-10-11-12-13-14-15-16-17-18-19-20-21-22-23/h4-5,7-8,10-11,13-14,16-17,19-20H,2-3,6,9,12,15,18,21-22H2,1H3. The van der Waals surface area contributed by atoms with Crippen molar-refractivity contribution in [1.29, 1.82) is 0 Å². The Hall–Kier alpha value is -1.08. The van der Waals surface area contributed by atoms with Crippen LogP contribution in [0.3, 0.4) is 0 Å². The number of hydrogen-bond donors (Lipinski definition) is 0. The third kappa shape index (κ3) is 20.9. The molecule has 0 atom stereocenters. The average Bonchev–Trinajstić information content (AvgIpc) is 2.57. The van der Waals surface area contributed by atoms with Crippen molar-refractivity contribution >= 4 is 15.9 Å². The lowest BCUT2D eigenvalue weighted by Crippen LogP contribution is -1.66. The van der Waals surface area contributed by atoms with Crippen molar-refractivity contribution in [3.63, 3.8) is 0 Å². The quantitative estimate of drug-likeness (QED) is 0.213. The Labute approximate surface area is 152 Å². The molecule has 0 spiro atoms. The number of rotatable bonds is 14. The van der Waals surface area contributed by atoms with E-state index in [4.69, 9.17) is 0 Å². The molecule has 0 aliphatic carbocycles. The van der Waals surface area contributed by atoms with Crippen LogP contribution < -0.4 is 0 Å². The minimum absolute atomic E-state index is 1.03. The molecule has 0 bridgehead atoms. The summed E-state index contributed by atoms with van der Waals surface area (Å²) in [7, 11) is 0. The SMILES string of the molecule is CCCC=CCC=CCC=CCC=CCC=CCC=CCCBr. The average molecular weight is 377 g/mol. The normalized spacial score (nSPS) is 13.3. The van der Waals surface area contributed by atoms with Crippen LogP contribution in [0.15, 0.2) is 72.9 Å². The van der Waals surface area contributed by atoms with E-state index in [2.05, 4.69) is 95.8 Å². The highest BCUT2D eigenvalue weighted by Gasteiger charge is 1.76. The molecule has 0 aliphatic heterocycles. The molecule has 0 aromatic carbocycles. The molecule has 0 heterocycles. The number of alkyl halides is 1. The van der Waals surface area contributed by atoms with Gasteiger partial charge in [0, 0.05) is 5.33 Å². The van der Waals surface area contributed by atoms with Crippen LogP contribution >= 0.6 is 15.9 Å². The summed E-state index contributed by atoms with van der Waals surface area (Å²) < 4.78 is 0. The summed E-state index contributed by atoms with van der Waals surface area (Å²) in [5.41, 5.74) is 0. The van der Waals surface area contributed by atoms with Gasteiger partial charge in [0.05, 0.1) is 0 Å². The fourth-order valence-corrected chi connectivity index (χ4v) is 2.08. The zero-order valence-electron chi connectivity index (χ0n) is 14.7. The minimum atomic E-state index is 1.03. The minimum Gasteiger partial charge on any atom is -0.0925 e. The molecule has 0 N–H and O–H groups in total. The Kier molecular flexibility index (Phi) is 19.9. The van der Waals surface area contributed by atoms with Gasteiger partial charge in [0.2, 0.25) is 0 Å². The van der Waals surface area contributed by atoms with Gasteiger partial charge in [0.1, 0.15) is 0 Å². The van der Waals surface area contributed by atoms with Crippen LogP contribution in [0.5, 0.6) is 0 Å². The Morgan fingerprint density at radius 2 is 0.783 bits per heavy atom. The summed E-state index contributed by atoms with van der Waals surface area (Å²) in [5, 5.41) is 1.05. The van der Waals surface area contributed by atoms with Crippen molar-refractivity contribution in [2.45, 2.75) is 58.3 Å². The van der Waals surface area contributed by atoms with E-state index in [0.717, 1.165) is 43.9 Å². The lowest BCUT2D eigenvalue weighted by atomic mass is 10.2. The number of allylic oxidation sites excluding steroid dienone is 12. The van der Waals surface area contributed by atoms with Crippen LogP contribution in [0.1, 0.15) is 58.3 Å². The van der Waals surface area contributed by atoms with Gasteiger partial charge >= 0.3 is 0 Å². The second kappa shape index (κ2) is 20.9. The molecule has 0 saturated heterocycles. The van der Waals surface area contributed by atoms with E-state index >= 15 is 0 Å². The zero-order chi connectivity index (χ0) is 16.8. The maximum absolute atomic E-state index is 3.41. The molecule has 1 heteroatoms. The summed E-state index contributed by atoms with van der Waals surface area (Å²) in [6.07, 6.45) is 35.6. The molecule has 0 amide bonds. The molecule has 23 heavy (non-hydrogen) atoms. The van der Waals surface area contributed by atoms with Gasteiger partial charge in [-0.3, -0.25) is 0 Å². The van der Waals surface area contributed by atoms with Gasteiger partial charge < -0.3 is 0 Å². The number of hydrogen-bond acceptors (Lipinski definition) is 0. The lowest BCUT2D eigenvalue weighted by molar-refractivity contribution is 0.954. The van der Waals surface area contributed by atoms with E-state index < -0.39 is 0 Å². The molecule has 0 radical (unpaired) electrons. The highest BCUT2D eigenvalue weighted by molar-refractivity contribution is 9.09. The van der Waals surface area contributed by atoms with Gasteiger partial charge in [-0.1, -0.05) is 102 Å². The van der Waals surface area contributed by atoms with Crippen molar-refractivity contribution in [3.05, 3.63) is 72.9 Å². The van der Waals surface area contributed by atoms with E-state index in [-0.39, 0.29) is 0 Å². The summed E-state index contributed by atoms with van der Waals surface area (Å²) in [4.78, 5) is 0. The van der Waals surface area contributed by atoms with Crippen LogP contribution in [0, 0.1) is 0 Å². The highest BCUT2D eigenvalue weighted by Crippen LogP contribution is 1.97. The summed E-state index contributed by atoms with van der Waals surface area (Å²) in [5.74, 6) is 0. The molecule has 0 nitrogen and oxygen atoms in total. The van der Waals surface area contributed by atoms with Gasteiger partial charge in [-0.25, -0.2) is 0 Å². The Bertz CT molecular complexity index is 356. The fraction of sp³-hybridized carbons (Fsp3) is 0.455. The van der Waals surface area contributed by atoms with E-state index in [0.29, 0.717) is 0 Å². The zero-order valence-corrected chi connectivity index (χ0v) is 16.3. The predicted molar refractivity (Wildman–Crippen MR) is 111 cm³/mol. The molecule has 0 aliphatic rings. The fourth-order valence-electron chi connectivity index (χ4n) is 1.82. The third-order valence-electron chi connectivity index (χ3n) is 3.09. The first-order valence-corrected chi connectivity index (χ1v) is 9.99. The first-order valence-electron chi connectivity index (χ1n) is 8.87. The topological polar surface area (TPSA) is 0 Å². The second-order valence-electron chi connectivity index (χ2n) is 5.27. The summed E-state index contributed by atoms with van der Waals surface area (Å²) >= 11 is 3.41. The Balaban J connectivity index is 3.48. The Morgan fingerprint density at radius 1 is 0.478 bits per heavy atom. The third-order valence-corrected chi connectivity index (χ3v) is 3.55. The number of unbranched alkanes of at least 4 members (excludes halogenated alkanes) is 1. The smallest absolute Gasteiger partial charge is 0.00659 e. The van der Waals surface area contributed by atoms with Gasteiger partial charge in [-0.2, -0.15) is 0 Å². The molecule has 0 unspecified atom stereocenters. The highest BCUT2D eigenvalue weighted by atomic mass is 79.9. The summed E-state index contributed by atoms with van der Waals surface area (Å²) in [6, 6.07) is 0. The van der Waals surface area contributed by atoms with Gasteiger partial charge in [0.25, 0.3) is 0 Å². The molecule has 0 saturated carbocycles. The van der Waals surface area contributed by atoms with E-state index in [1.54, 1.807) is 0 Å². The van der Waals surface area contributed by atoms with Crippen molar-refractivity contribution < 1.29 is 0 Å². The molecule has 0 rings (SSSR count). The molecule has 128 valence electrons. The molecular formula is C22H33Br. The number of halogens is 1. The van der Waals surface area contributed by atoms with Gasteiger partial charge in [-0.15, -0.1) is 0 Å². The van der Waals surface area contributed by atoms with Crippen molar-refractivity contribution in [1.82, 2.24) is 0 Å². The maximum Gasteiger partial charge on any atom is 0.00659 e. The second-order valence-corrected chi connectivity index (χ2v) is 6.07. The maximum atomic E-state index is 3.41. The predicted octanol–water partition coefficient (Wildman–Crippen LogP) is 7.86. The molecule has 0 aromatic rings. The van der Waals surface area contributed by atoms with E-state index in [1.165, 1.54) is 12.8 Å². The van der Waals surface area contributed by atoms with E-state index in [1.807, 2.05) is 0 Å². The first-order chi connectivity index (χ1) is 11.4.